The molecule has 0 saturated heterocycles. The minimum absolute atomic E-state index is 0.00931. The maximum absolute atomic E-state index is 13.0. The predicted octanol–water partition coefficient (Wildman–Crippen LogP) is 4.16. The van der Waals surface area contributed by atoms with Crippen LogP contribution in [0.25, 0.3) is 0 Å². The fourth-order valence-corrected chi connectivity index (χ4v) is 2.13. The van der Waals surface area contributed by atoms with Crippen LogP contribution in [0.5, 0.6) is 0 Å². The second-order valence-corrected chi connectivity index (χ2v) is 5.73. The van der Waals surface area contributed by atoms with Gasteiger partial charge in [0.05, 0.1) is 17.7 Å². The van der Waals surface area contributed by atoms with Crippen LogP contribution in [0.15, 0.2) is 18.2 Å². The Morgan fingerprint density at radius 2 is 1.85 bits per heavy atom. The summed E-state index contributed by atoms with van der Waals surface area (Å²) in [6.45, 7) is 3.95. The highest BCUT2D eigenvalue weighted by atomic mass is 35.5. The van der Waals surface area contributed by atoms with Crippen LogP contribution in [-0.4, -0.2) is 11.2 Å². The fraction of sp³-hybridized carbons (Fsp3) is 0.571. The summed E-state index contributed by atoms with van der Waals surface area (Å²) in [6.07, 6.45) is -4.50. The zero-order valence-electron chi connectivity index (χ0n) is 11.4. The molecule has 6 heteroatoms. The Kier molecular flexibility index (Phi) is 5.86. The molecule has 2 nitrogen and oxygen atoms in total. The van der Waals surface area contributed by atoms with E-state index >= 15 is 0 Å². The molecule has 2 atom stereocenters. The first kappa shape index (κ1) is 17.3. The van der Waals surface area contributed by atoms with Gasteiger partial charge in [-0.1, -0.05) is 31.5 Å². The molecular weight excluding hydrogens is 291 g/mol. The summed E-state index contributed by atoms with van der Waals surface area (Å²) in [5.41, 5.74) is 4.76. The van der Waals surface area contributed by atoms with E-state index in [0.717, 1.165) is 6.07 Å². The molecule has 0 aromatic heterocycles. The van der Waals surface area contributed by atoms with E-state index in [1.165, 1.54) is 12.1 Å². The number of rotatable bonds is 5. The molecule has 114 valence electrons. The molecule has 1 rings (SSSR count). The third kappa shape index (κ3) is 4.65. The monoisotopic (exact) mass is 309 g/mol. The van der Waals surface area contributed by atoms with Gasteiger partial charge in [-0.25, -0.2) is 0 Å². The summed E-state index contributed by atoms with van der Waals surface area (Å²) >= 11 is 5.61. The van der Waals surface area contributed by atoms with E-state index in [2.05, 4.69) is 0 Å². The number of hydrogen-bond acceptors (Lipinski definition) is 2. The SMILES string of the molecule is CC(C)CC[C@@H](O)[C@@H](N)c1ccc(Cl)cc1C(F)(F)F. The second kappa shape index (κ2) is 6.78. The predicted molar refractivity (Wildman–Crippen MR) is 73.5 cm³/mol. The molecule has 0 radical (unpaired) electrons. The standard InChI is InChI=1S/C14H19ClF3NO/c1-8(2)3-6-12(20)13(19)10-5-4-9(15)7-11(10)14(16,17)18/h4-5,7-8,12-13,20H,3,6,19H2,1-2H3/t12-,13+/m1/s1. The van der Waals surface area contributed by atoms with Gasteiger partial charge in [0.15, 0.2) is 0 Å². The van der Waals surface area contributed by atoms with Gasteiger partial charge in [-0.05, 0) is 36.5 Å². The Morgan fingerprint density at radius 1 is 1.25 bits per heavy atom. The molecule has 0 saturated carbocycles. The number of aliphatic hydroxyl groups excluding tert-OH is 1. The Bertz CT molecular complexity index is 449. The molecule has 0 amide bonds. The molecular formula is C14H19ClF3NO. The first-order valence-electron chi connectivity index (χ1n) is 6.43. The van der Waals surface area contributed by atoms with Crippen molar-refractivity contribution >= 4 is 11.6 Å². The molecule has 20 heavy (non-hydrogen) atoms. The molecule has 1 aromatic rings. The minimum atomic E-state index is -4.55. The molecule has 0 heterocycles. The lowest BCUT2D eigenvalue weighted by molar-refractivity contribution is -0.138. The third-order valence-corrected chi connectivity index (χ3v) is 3.37. The van der Waals surface area contributed by atoms with Gasteiger partial charge >= 0.3 is 6.18 Å². The van der Waals surface area contributed by atoms with Crippen molar-refractivity contribution in [2.75, 3.05) is 0 Å². The lowest BCUT2D eigenvalue weighted by Gasteiger charge is -2.23. The molecule has 0 aliphatic rings. The van der Waals surface area contributed by atoms with E-state index in [0.29, 0.717) is 18.8 Å². The molecule has 0 aliphatic heterocycles. The van der Waals surface area contributed by atoms with Gasteiger partial charge < -0.3 is 10.8 Å². The number of halogens is 4. The zero-order valence-corrected chi connectivity index (χ0v) is 12.2. The summed E-state index contributed by atoms with van der Waals surface area (Å²) < 4.78 is 38.9. The summed E-state index contributed by atoms with van der Waals surface area (Å²) in [6, 6.07) is 2.34. The van der Waals surface area contributed by atoms with Crippen LogP contribution in [0.3, 0.4) is 0 Å². The largest absolute Gasteiger partial charge is 0.416 e. The normalized spacial score (nSPS) is 15.4. The average Bonchev–Trinajstić information content (AvgIpc) is 2.33. The van der Waals surface area contributed by atoms with Crippen LogP contribution in [0, 0.1) is 5.92 Å². The summed E-state index contributed by atoms with van der Waals surface area (Å²) in [7, 11) is 0. The van der Waals surface area contributed by atoms with Crippen molar-refractivity contribution in [3.63, 3.8) is 0 Å². The fourth-order valence-electron chi connectivity index (χ4n) is 1.96. The Balaban J connectivity index is 3.00. The van der Waals surface area contributed by atoms with Crippen LogP contribution < -0.4 is 5.73 Å². The van der Waals surface area contributed by atoms with E-state index < -0.39 is 23.9 Å². The van der Waals surface area contributed by atoms with Crippen LogP contribution in [0.4, 0.5) is 13.2 Å². The van der Waals surface area contributed by atoms with Crippen LogP contribution in [0.2, 0.25) is 5.02 Å². The highest BCUT2D eigenvalue weighted by molar-refractivity contribution is 6.30. The molecule has 1 aromatic carbocycles. The second-order valence-electron chi connectivity index (χ2n) is 5.29. The molecule has 0 aliphatic carbocycles. The van der Waals surface area contributed by atoms with Crippen molar-refractivity contribution in [2.45, 2.75) is 45.0 Å². The van der Waals surface area contributed by atoms with Crippen molar-refractivity contribution in [3.05, 3.63) is 34.3 Å². The van der Waals surface area contributed by atoms with Crippen molar-refractivity contribution in [1.29, 1.82) is 0 Å². The maximum atomic E-state index is 13.0. The van der Waals surface area contributed by atoms with Gasteiger partial charge in [-0.3, -0.25) is 0 Å². The number of nitrogens with two attached hydrogens (primary N) is 1. The highest BCUT2D eigenvalue weighted by Crippen LogP contribution is 2.37. The molecule has 0 bridgehead atoms. The van der Waals surface area contributed by atoms with Crippen LogP contribution in [-0.2, 0) is 6.18 Å². The third-order valence-electron chi connectivity index (χ3n) is 3.13. The zero-order chi connectivity index (χ0) is 15.5. The van der Waals surface area contributed by atoms with Gasteiger partial charge in [-0.15, -0.1) is 0 Å². The van der Waals surface area contributed by atoms with Gasteiger partial charge in [0.25, 0.3) is 0 Å². The van der Waals surface area contributed by atoms with E-state index in [4.69, 9.17) is 17.3 Å². The average molecular weight is 310 g/mol. The van der Waals surface area contributed by atoms with Gasteiger partial charge in [0, 0.05) is 5.02 Å². The molecule has 0 fully saturated rings. The summed E-state index contributed by atoms with van der Waals surface area (Å²) in [5.74, 6) is 0.351. The Hall–Kier alpha value is -0.780. The minimum Gasteiger partial charge on any atom is -0.391 e. The van der Waals surface area contributed by atoms with Crippen LogP contribution >= 0.6 is 11.6 Å². The molecule has 0 unspecified atom stereocenters. The quantitative estimate of drug-likeness (QED) is 0.858. The van der Waals surface area contributed by atoms with Crippen molar-refractivity contribution in [3.8, 4) is 0 Å². The topological polar surface area (TPSA) is 46.2 Å². The van der Waals surface area contributed by atoms with Gasteiger partial charge in [0.1, 0.15) is 0 Å². The summed E-state index contributed by atoms with van der Waals surface area (Å²) in [5, 5.41) is 9.94. The lowest BCUT2D eigenvalue weighted by Crippen LogP contribution is -2.29. The van der Waals surface area contributed by atoms with Crippen molar-refractivity contribution in [1.82, 2.24) is 0 Å². The van der Waals surface area contributed by atoms with Crippen molar-refractivity contribution in [2.24, 2.45) is 11.7 Å². The number of alkyl halides is 3. The van der Waals surface area contributed by atoms with Crippen LogP contribution in [0.1, 0.15) is 43.9 Å². The van der Waals surface area contributed by atoms with Gasteiger partial charge in [-0.2, -0.15) is 13.2 Å². The van der Waals surface area contributed by atoms with E-state index in [9.17, 15) is 18.3 Å². The number of benzene rings is 1. The summed E-state index contributed by atoms with van der Waals surface area (Å²) in [4.78, 5) is 0. The van der Waals surface area contributed by atoms with E-state index in [-0.39, 0.29) is 10.6 Å². The number of aliphatic hydroxyl groups is 1. The molecule has 3 N–H and O–H groups in total. The maximum Gasteiger partial charge on any atom is 0.416 e. The smallest absolute Gasteiger partial charge is 0.391 e. The highest BCUT2D eigenvalue weighted by Gasteiger charge is 2.36. The van der Waals surface area contributed by atoms with E-state index in [1.54, 1.807) is 0 Å². The first-order valence-corrected chi connectivity index (χ1v) is 6.81. The molecule has 0 spiro atoms. The van der Waals surface area contributed by atoms with E-state index in [1.807, 2.05) is 13.8 Å². The van der Waals surface area contributed by atoms with Crippen molar-refractivity contribution < 1.29 is 18.3 Å². The number of hydrogen-bond donors (Lipinski definition) is 2. The Labute approximate surface area is 121 Å². The van der Waals surface area contributed by atoms with Gasteiger partial charge in [0.2, 0.25) is 0 Å². The first-order chi connectivity index (χ1) is 9.12. The lowest BCUT2D eigenvalue weighted by atomic mass is 9.93. The Morgan fingerprint density at radius 3 is 2.35 bits per heavy atom.